The molecule has 1 spiro atoms. The topological polar surface area (TPSA) is 66.5 Å². The normalized spacial score (nSPS) is 18.1. The number of hydrogen-bond donors (Lipinski definition) is 0. The Kier molecular flexibility index (Phi) is 3.85. The van der Waals surface area contributed by atoms with Crippen LogP contribution in [0, 0.1) is 11.8 Å². The van der Waals surface area contributed by atoms with Crippen LogP contribution < -0.4 is 5.56 Å². The molecule has 1 saturated heterocycles. The van der Waals surface area contributed by atoms with Crippen LogP contribution in [0.25, 0.3) is 10.9 Å². The monoisotopic (exact) mass is 362 g/mol. The Hall–Kier alpha value is -2.88. The summed E-state index contributed by atoms with van der Waals surface area (Å²) >= 11 is 0. The van der Waals surface area contributed by atoms with Gasteiger partial charge in [0.05, 0.1) is 35.9 Å². The van der Waals surface area contributed by atoms with Crippen molar-refractivity contribution >= 4 is 10.9 Å². The summed E-state index contributed by atoms with van der Waals surface area (Å²) in [6.07, 6.45) is 5.22. The van der Waals surface area contributed by atoms with Crippen LogP contribution in [0.15, 0.2) is 46.0 Å². The van der Waals surface area contributed by atoms with Gasteiger partial charge >= 0.3 is 0 Å². The molecule has 0 amide bonds. The smallest absolute Gasteiger partial charge is 0.261 e. The van der Waals surface area contributed by atoms with E-state index in [1.54, 1.807) is 23.2 Å². The SMILES string of the molecule is O=c1c2ccc(C#Cc3ccoc3)cc2nc2n1CCC1(CC2)OCCO1. The van der Waals surface area contributed by atoms with E-state index in [-0.39, 0.29) is 5.56 Å². The van der Waals surface area contributed by atoms with Crippen molar-refractivity contribution in [3.63, 3.8) is 0 Å². The van der Waals surface area contributed by atoms with Gasteiger partial charge in [-0.05, 0) is 24.3 Å². The van der Waals surface area contributed by atoms with Crippen LogP contribution in [0.3, 0.4) is 0 Å². The maximum Gasteiger partial charge on any atom is 0.261 e. The molecular formula is C21H18N2O4. The second kappa shape index (κ2) is 6.38. The van der Waals surface area contributed by atoms with Gasteiger partial charge in [-0.1, -0.05) is 11.8 Å². The van der Waals surface area contributed by atoms with E-state index < -0.39 is 5.79 Å². The van der Waals surface area contributed by atoms with Gasteiger partial charge in [-0.3, -0.25) is 9.36 Å². The Balaban J connectivity index is 1.53. The molecule has 0 saturated carbocycles. The lowest BCUT2D eigenvalue weighted by Gasteiger charge is -2.24. The van der Waals surface area contributed by atoms with E-state index in [0.717, 1.165) is 17.0 Å². The third kappa shape index (κ3) is 2.95. The van der Waals surface area contributed by atoms with Crippen molar-refractivity contribution in [3.8, 4) is 11.8 Å². The number of furan rings is 1. The van der Waals surface area contributed by atoms with Gasteiger partial charge in [0.2, 0.25) is 0 Å². The highest BCUT2D eigenvalue weighted by atomic mass is 16.7. The zero-order valence-corrected chi connectivity index (χ0v) is 14.7. The molecule has 0 unspecified atom stereocenters. The highest BCUT2D eigenvalue weighted by Gasteiger charge is 2.38. The van der Waals surface area contributed by atoms with Gasteiger partial charge in [0, 0.05) is 31.4 Å². The zero-order chi connectivity index (χ0) is 18.3. The number of aryl methyl sites for hydroxylation is 1. The van der Waals surface area contributed by atoms with Crippen molar-refractivity contribution in [1.29, 1.82) is 0 Å². The average molecular weight is 362 g/mol. The first kappa shape index (κ1) is 16.3. The van der Waals surface area contributed by atoms with Gasteiger partial charge in [0.1, 0.15) is 12.1 Å². The number of ether oxygens (including phenoxy) is 2. The highest BCUT2D eigenvalue weighted by Crippen LogP contribution is 2.31. The van der Waals surface area contributed by atoms with Gasteiger partial charge < -0.3 is 13.9 Å². The van der Waals surface area contributed by atoms with E-state index >= 15 is 0 Å². The molecule has 1 aromatic carbocycles. The number of benzene rings is 1. The van der Waals surface area contributed by atoms with E-state index in [4.69, 9.17) is 18.9 Å². The van der Waals surface area contributed by atoms with Crippen molar-refractivity contribution in [2.45, 2.75) is 31.6 Å². The van der Waals surface area contributed by atoms with Crippen LogP contribution in [0.5, 0.6) is 0 Å². The number of aromatic nitrogens is 2. The fraction of sp³-hybridized carbons (Fsp3) is 0.333. The summed E-state index contributed by atoms with van der Waals surface area (Å²) in [5.41, 5.74) is 2.29. The fourth-order valence-corrected chi connectivity index (χ4v) is 3.74. The minimum absolute atomic E-state index is 0.0145. The Morgan fingerprint density at radius 3 is 2.74 bits per heavy atom. The first-order chi connectivity index (χ1) is 13.2. The second-order valence-electron chi connectivity index (χ2n) is 6.84. The summed E-state index contributed by atoms with van der Waals surface area (Å²) in [7, 11) is 0. The average Bonchev–Trinajstić information content (AvgIpc) is 3.33. The van der Waals surface area contributed by atoms with Crippen molar-refractivity contribution in [2.24, 2.45) is 0 Å². The number of fused-ring (bicyclic) bond motifs is 2. The van der Waals surface area contributed by atoms with E-state index in [9.17, 15) is 4.79 Å². The molecule has 0 aliphatic carbocycles. The van der Waals surface area contributed by atoms with Crippen LogP contribution in [0.2, 0.25) is 0 Å². The molecule has 5 rings (SSSR count). The summed E-state index contributed by atoms with van der Waals surface area (Å²) in [5, 5.41) is 0.608. The Labute approximate surface area is 155 Å². The van der Waals surface area contributed by atoms with Crippen molar-refractivity contribution in [1.82, 2.24) is 9.55 Å². The van der Waals surface area contributed by atoms with Gasteiger partial charge in [-0.2, -0.15) is 0 Å². The van der Waals surface area contributed by atoms with Crippen molar-refractivity contribution < 1.29 is 13.9 Å². The maximum atomic E-state index is 13.0. The summed E-state index contributed by atoms with van der Waals surface area (Å²) in [5.74, 6) is 6.35. The van der Waals surface area contributed by atoms with Gasteiger partial charge in [-0.15, -0.1) is 0 Å². The predicted molar refractivity (Wildman–Crippen MR) is 98.3 cm³/mol. The molecule has 4 heterocycles. The third-order valence-corrected chi connectivity index (χ3v) is 5.17. The molecule has 136 valence electrons. The molecule has 2 aromatic heterocycles. The third-order valence-electron chi connectivity index (χ3n) is 5.17. The van der Waals surface area contributed by atoms with Crippen molar-refractivity contribution in [3.05, 3.63) is 64.1 Å². The van der Waals surface area contributed by atoms with Gasteiger partial charge in [0.25, 0.3) is 5.56 Å². The Morgan fingerprint density at radius 1 is 1.07 bits per heavy atom. The van der Waals surface area contributed by atoms with Crippen LogP contribution in [0.4, 0.5) is 0 Å². The molecule has 6 heteroatoms. The molecule has 2 aliphatic rings. The Bertz CT molecular complexity index is 1110. The first-order valence-electron chi connectivity index (χ1n) is 9.08. The summed E-state index contributed by atoms with van der Waals surface area (Å²) in [4.78, 5) is 17.7. The standard InChI is InChI=1S/C21H18N2O4/c24-20-17-4-3-15(1-2-16-6-10-25-14-16)13-18(17)22-19-5-7-21(8-9-23(19)20)26-11-12-27-21/h3-4,6,10,13-14H,5,7-9,11-12H2. The number of rotatable bonds is 0. The maximum absolute atomic E-state index is 13.0. The lowest BCUT2D eigenvalue weighted by Crippen LogP contribution is -2.31. The van der Waals surface area contributed by atoms with Crippen LogP contribution >= 0.6 is 0 Å². The lowest BCUT2D eigenvalue weighted by atomic mass is 10.1. The summed E-state index contributed by atoms with van der Waals surface area (Å²) in [6.45, 7) is 1.78. The van der Waals surface area contributed by atoms with Crippen LogP contribution in [-0.4, -0.2) is 28.6 Å². The number of hydrogen-bond acceptors (Lipinski definition) is 5. The van der Waals surface area contributed by atoms with E-state index in [2.05, 4.69) is 11.8 Å². The minimum Gasteiger partial charge on any atom is -0.471 e. The molecule has 0 bridgehead atoms. The van der Waals surface area contributed by atoms with Crippen molar-refractivity contribution in [2.75, 3.05) is 13.2 Å². The lowest BCUT2D eigenvalue weighted by molar-refractivity contribution is -0.165. The second-order valence-corrected chi connectivity index (χ2v) is 6.84. The number of nitrogens with zero attached hydrogens (tertiary/aromatic N) is 2. The molecule has 6 nitrogen and oxygen atoms in total. The fourth-order valence-electron chi connectivity index (χ4n) is 3.74. The van der Waals surface area contributed by atoms with E-state index in [1.165, 1.54) is 0 Å². The largest absolute Gasteiger partial charge is 0.471 e. The molecule has 1 fully saturated rings. The molecule has 2 aliphatic heterocycles. The van der Waals surface area contributed by atoms with Crippen LogP contribution in [0.1, 0.15) is 29.8 Å². The van der Waals surface area contributed by atoms with E-state index in [0.29, 0.717) is 49.9 Å². The molecular weight excluding hydrogens is 344 g/mol. The van der Waals surface area contributed by atoms with Gasteiger partial charge in [0.15, 0.2) is 5.79 Å². The molecule has 27 heavy (non-hydrogen) atoms. The van der Waals surface area contributed by atoms with Gasteiger partial charge in [-0.25, -0.2) is 4.98 Å². The molecule has 3 aromatic rings. The first-order valence-corrected chi connectivity index (χ1v) is 9.08. The van der Waals surface area contributed by atoms with E-state index in [1.807, 2.05) is 18.2 Å². The quantitative estimate of drug-likeness (QED) is 0.575. The molecule has 0 radical (unpaired) electrons. The zero-order valence-electron chi connectivity index (χ0n) is 14.7. The highest BCUT2D eigenvalue weighted by molar-refractivity contribution is 5.79. The molecule has 0 N–H and O–H groups in total. The Morgan fingerprint density at radius 2 is 1.93 bits per heavy atom. The predicted octanol–water partition coefficient (Wildman–Crippen LogP) is 2.47. The van der Waals surface area contributed by atoms with Crippen LogP contribution in [-0.2, 0) is 22.4 Å². The summed E-state index contributed by atoms with van der Waals surface area (Å²) < 4.78 is 18.4. The minimum atomic E-state index is -0.562. The molecule has 0 atom stereocenters. The summed E-state index contributed by atoms with van der Waals surface area (Å²) in [6, 6.07) is 7.34.